The van der Waals surface area contributed by atoms with E-state index in [0.29, 0.717) is 12.3 Å². The second kappa shape index (κ2) is 8.64. The van der Waals surface area contributed by atoms with E-state index in [-0.39, 0.29) is 6.29 Å². The van der Waals surface area contributed by atoms with Crippen molar-refractivity contribution in [2.24, 2.45) is 0 Å². The van der Waals surface area contributed by atoms with Crippen molar-refractivity contribution in [3.05, 3.63) is 77.4 Å². The molecule has 5 heteroatoms. The SMILES string of the molecule is COC(Cc1ccc2oc(CCc3nc(-c4ccccc4)oc3C)cc2c1)OC. The first kappa shape index (κ1) is 19.4. The summed E-state index contributed by atoms with van der Waals surface area (Å²) in [5.74, 6) is 2.46. The number of hydrogen-bond acceptors (Lipinski definition) is 5. The van der Waals surface area contributed by atoms with Crippen molar-refractivity contribution < 1.29 is 18.3 Å². The Kier molecular flexibility index (Phi) is 5.79. The fraction of sp³-hybridized carbons (Fsp3) is 0.292. The van der Waals surface area contributed by atoms with Crippen molar-refractivity contribution in [2.45, 2.75) is 32.5 Å². The topological polar surface area (TPSA) is 57.6 Å². The van der Waals surface area contributed by atoms with Gasteiger partial charge in [-0.3, -0.25) is 0 Å². The summed E-state index contributed by atoms with van der Waals surface area (Å²) in [6.45, 7) is 1.96. The Labute approximate surface area is 170 Å². The molecule has 0 unspecified atom stereocenters. The summed E-state index contributed by atoms with van der Waals surface area (Å²) in [6, 6.07) is 18.2. The number of rotatable bonds is 8. The highest BCUT2D eigenvalue weighted by Gasteiger charge is 2.13. The first-order chi connectivity index (χ1) is 14.2. The molecule has 0 aliphatic heterocycles. The highest BCUT2D eigenvalue weighted by molar-refractivity contribution is 5.78. The van der Waals surface area contributed by atoms with Gasteiger partial charge in [0.1, 0.15) is 17.1 Å². The van der Waals surface area contributed by atoms with Crippen LogP contribution < -0.4 is 0 Å². The molecule has 150 valence electrons. The van der Waals surface area contributed by atoms with Gasteiger partial charge in [0.25, 0.3) is 0 Å². The van der Waals surface area contributed by atoms with Crippen LogP contribution in [-0.2, 0) is 28.7 Å². The van der Waals surface area contributed by atoms with E-state index >= 15 is 0 Å². The summed E-state index contributed by atoms with van der Waals surface area (Å²) < 4.78 is 22.5. The lowest BCUT2D eigenvalue weighted by Crippen LogP contribution is -2.15. The Balaban J connectivity index is 1.47. The largest absolute Gasteiger partial charge is 0.461 e. The lowest BCUT2D eigenvalue weighted by atomic mass is 10.1. The van der Waals surface area contributed by atoms with Crippen LogP contribution in [0.3, 0.4) is 0 Å². The van der Waals surface area contributed by atoms with E-state index in [1.54, 1.807) is 14.2 Å². The van der Waals surface area contributed by atoms with Gasteiger partial charge >= 0.3 is 0 Å². The van der Waals surface area contributed by atoms with Crippen LogP contribution in [0.15, 0.2) is 63.4 Å². The van der Waals surface area contributed by atoms with Crippen molar-refractivity contribution >= 4 is 11.0 Å². The molecule has 2 aromatic carbocycles. The third-order valence-corrected chi connectivity index (χ3v) is 5.08. The predicted molar refractivity (Wildman–Crippen MR) is 112 cm³/mol. The summed E-state index contributed by atoms with van der Waals surface area (Å²) in [6.07, 6.45) is 1.99. The summed E-state index contributed by atoms with van der Waals surface area (Å²) in [4.78, 5) is 4.68. The minimum Gasteiger partial charge on any atom is -0.461 e. The second-order valence-electron chi connectivity index (χ2n) is 7.08. The number of hydrogen-bond donors (Lipinski definition) is 0. The minimum absolute atomic E-state index is 0.243. The summed E-state index contributed by atoms with van der Waals surface area (Å²) in [5, 5.41) is 1.09. The molecule has 0 aliphatic rings. The normalized spacial score (nSPS) is 11.6. The van der Waals surface area contributed by atoms with Gasteiger partial charge in [-0.2, -0.15) is 0 Å². The average molecular weight is 391 g/mol. The maximum atomic E-state index is 6.01. The number of aromatic nitrogens is 1. The molecule has 0 bridgehead atoms. The van der Waals surface area contributed by atoms with Gasteiger partial charge in [-0.15, -0.1) is 0 Å². The maximum Gasteiger partial charge on any atom is 0.226 e. The van der Waals surface area contributed by atoms with Crippen LogP contribution in [0.5, 0.6) is 0 Å². The summed E-state index contributed by atoms with van der Waals surface area (Å²) >= 11 is 0. The molecule has 2 heterocycles. The van der Waals surface area contributed by atoms with Crippen LogP contribution >= 0.6 is 0 Å². The molecule has 0 amide bonds. The molecule has 0 radical (unpaired) electrons. The number of fused-ring (bicyclic) bond motifs is 1. The summed E-state index contributed by atoms with van der Waals surface area (Å²) in [5.41, 5.74) is 3.99. The lowest BCUT2D eigenvalue weighted by Gasteiger charge is -2.12. The fourth-order valence-electron chi connectivity index (χ4n) is 3.46. The number of ether oxygens (including phenoxy) is 2. The Hall–Kier alpha value is -2.89. The molecule has 4 rings (SSSR count). The number of methoxy groups -OCH3 is 2. The zero-order valence-electron chi connectivity index (χ0n) is 17.0. The Bertz CT molecular complexity index is 1080. The Morgan fingerprint density at radius 2 is 1.72 bits per heavy atom. The number of benzene rings is 2. The van der Waals surface area contributed by atoms with Crippen molar-refractivity contribution in [1.29, 1.82) is 0 Å². The van der Waals surface area contributed by atoms with Crippen molar-refractivity contribution in [3.63, 3.8) is 0 Å². The van der Waals surface area contributed by atoms with Gasteiger partial charge in [-0.05, 0) is 42.8 Å². The van der Waals surface area contributed by atoms with E-state index in [0.717, 1.165) is 52.2 Å². The molecule has 0 N–H and O–H groups in total. The van der Waals surface area contributed by atoms with Gasteiger partial charge in [-0.1, -0.05) is 24.3 Å². The van der Waals surface area contributed by atoms with E-state index in [2.05, 4.69) is 23.2 Å². The van der Waals surface area contributed by atoms with Gasteiger partial charge in [0.05, 0.1) is 5.69 Å². The van der Waals surface area contributed by atoms with Crippen LogP contribution in [0.25, 0.3) is 22.4 Å². The monoisotopic (exact) mass is 391 g/mol. The highest BCUT2D eigenvalue weighted by atomic mass is 16.7. The van der Waals surface area contributed by atoms with Gasteiger partial charge in [-0.25, -0.2) is 4.98 Å². The average Bonchev–Trinajstić information content (AvgIpc) is 3.33. The number of furan rings is 1. The van der Waals surface area contributed by atoms with Crippen LogP contribution in [0.4, 0.5) is 0 Å². The second-order valence-corrected chi connectivity index (χ2v) is 7.08. The standard InChI is InChI=1S/C24H25NO4/c1-16-21(25-24(28-16)18-7-5-4-6-8-18)11-10-20-15-19-13-17(9-12-22(19)29-20)14-23(26-2)27-3/h4-9,12-13,15,23H,10-11,14H2,1-3H3. The number of aryl methyl sites for hydroxylation is 3. The number of oxazole rings is 1. The molecule has 2 aromatic heterocycles. The van der Waals surface area contributed by atoms with Crippen LogP contribution in [0.2, 0.25) is 0 Å². The smallest absolute Gasteiger partial charge is 0.226 e. The molecule has 0 atom stereocenters. The first-order valence-corrected chi connectivity index (χ1v) is 9.75. The zero-order valence-corrected chi connectivity index (χ0v) is 17.0. The third-order valence-electron chi connectivity index (χ3n) is 5.08. The quantitative estimate of drug-likeness (QED) is 0.379. The molecule has 4 aromatic rings. The van der Waals surface area contributed by atoms with E-state index < -0.39 is 0 Å². The van der Waals surface area contributed by atoms with Crippen LogP contribution in [-0.4, -0.2) is 25.5 Å². The van der Waals surface area contributed by atoms with E-state index in [9.17, 15) is 0 Å². The zero-order chi connectivity index (χ0) is 20.2. The van der Waals surface area contributed by atoms with Gasteiger partial charge in [0.15, 0.2) is 6.29 Å². The molecule has 0 saturated heterocycles. The van der Waals surface area contributed by atoms with Crippen LogP contribution in [0.1, 0.15) is 22.8 Å². The molecule has 0 aliphatic carbocycles. The lowest BCUT2D eigenvalue weighted by molar-refractivity contribution is -0.100. The van der Waals surface area contributed by atoms with Crippen LogP contribution in [0, 0.1) is 6.92 Å². The Morgan fingerprint density at radius 3 is 2.48 bits per heavy atom. The molecule has 29 heavy (non-hydrogen) atoms. The van der Waals surface area contributed by atoms with Crippen molar-refractivity contribution in [2.75, 3.05) is 14.2 Å². The molecule has 5 nitrogen and oxygen atoms in total. The van der Waals surface area contributed by atoms with E-state index in [1.807, 2.05) is 43.3 Å². The van der Waals surface area contributed by atoms with Crippen molar-refractivity contribution in [1.82, 2.24) is 4.98 Å². The molecular weight excluding hydrogens is 366 g/mol. The molecular formula is C24H25NO4. The molecule has 0 saturated carbocycles. The first-order valence-electron chi connectivity index (χ1n) is 9.75. The molecule has 0 spiro atoms. The van der Waals surface area contributed by atoms with Gasteiger partial charge in [0.2, 0.25) is 5.89 Å². The number of nitrogens with zero attached hydrogens (tertiary/aromatic N) is 1. The maximum absolute atomic E-state index is 6.01. The minimum atomic E-state index is -0.243. The third kappa shape index (κ3) is 4.42. The highest BCUT2D eigenvalue weighted by Crippen LogP contribution is 2.25. The fourth-order valence-corrected chi connectivity index (χ4v) is 3.46. The van der Waals surface area contributed by atoms with Gasteiger partial charge < -0.3 is 18.3 Å². The Morgan fingerprint density at radius 1 is 0.931 bits per heavy atom. The van der Waals surface area contributed by atoms with Crippen molar-refractivity contribution in [3.8, 4) is 11.5 Å². The molecule has 0 fully saturated rings. The van der Waals surface area contributed by atoms with E-state index in [4.69, 9.17) is 18.3 Å². The van der Waals surface area contributed by atoms with E-state index in [1.165, 1.54) is 0 Å². The van der Waals surface area contributed by atoms with Gasteiger partial charge in [0, 0.05) is 44.4 Å². The predicted octanol–water partition coefficient (Wildman–Crippen LogP) is 5.34. The summed E-state index contributed by atoms with van der Waals surface area (Å²) in [7, 11) is 3.30.